The molecule has 0 atom stereocenters. The lowest BCUT2D eigenvalue weighted by molar-refractivity contribution is -0.130. The van der Waals surface area contributed by atoms with Crippen molar-refractivity contribution in [2.45, 2.75) is 11.8 Å². The summed E-state index contributed by atoms with van der Waals surface area (Å²) >= 11 is 0. The summed E-state index contributed by atoms with van der Waals surface area (Å²) in [6, 6.07) is 10.7. The van der Waals surface area contributed by atoms with E-state index in [1.54, 1.807) is 6.92 Å². The van der Waals surface area contributed by atoms with Crippen molar-refractivity contribution in [1.29, 1.82) is 0 Å². The summed E-state index contributed by atoms with van der Waals surface area (Å²) in [6.45, 7) is 1.60. The summed E-state index contributed by atoms with van der Waals surface area (Å²) < 4.78 is 35.5. The van der Waals surface area contributed by atoms with Crippen molar-refractivity contribution in [3.63, 3.8) is 0 Å². The quantitative estimate of drug-likeness (QED) is 0.662. The Kier molecular flexibility index (Phi) is 4.63. The predicted octanol–water partition coefficient (Wildman–Crippen LogP) is 2.49. The average Bonchev–Trinajstić information content (AvgIpc) is 2.48. The molecule has 0 saturated carbocycles. The largest absolute Gasteiger partial charge is 0.478 e. The van der Waals surface area contributed by atoms with Gasteiger partial charge in [0.2, 0.25) is 10.0 Å². The van der Waals surface area contributed by atoms with Gasteiger partial charge in [-0.1, -0.05) is 24.3 Å². The molecule has 0 saturated heterocycles. The van der Waals surface area contributed by atoms with Crippen LogP contribution in [0.5, 0.6) is 0 Å². The van der Waals surface area contributed by atoms with Crippen LogP contribution < -0.4 is 5.14 Å². The van der Waals surface area contributed by atoms with E-state index >= 15 is 0 Å². The van der Waals surface area contributed by atoms with Crippen molar-refractivity contribution in [3.8, 4) is 0 Å². The van der Waals surface area contributed by atoms with Crippen molar-refractivity contribution in [2.75, 3.05) is 0 Å². The van der Waals surface area contributed by atoms with E-state index < -0.39 is 21.8 Å². The van der Waals surface area contributed by atoms with Crippen molar-refractivity contribution < 1.29 is 22.7 Å². The minimum atomic E-state index is -3.81. The Labute approximate surface area is 132 Å². The van der Waals surface area contributed by atoms with Crippen molar-refractivity contribution in [3.05, 3.63) is 65.5 Å². The summed E-state index contributed by atoms with van der Waals surface area (Å²) in [7, 11) is -3.81. The van der Waals surface area contributed by atoms with Gasteiger partial charge in [-0.25, -0.2) is 22.7 Å². The molecule has 0 bridgehead atoms. The van der Waals surface area contributed by atoms with Gasteiger partial charge in [-0.05, 0) is 47.9 Å². The Morgan fingerprint density at radius 3 is 1.91 bits per heavy atom. The molecule has 0 heterocycles. The maximum atomic E-state index is 13.0. The maximum Gasteiger partial charge on any atom is 0.336 e. The lowest BCUT2D eigenvalue weighted by Gasteiger charge is -2.10. The molecule has 0 spiro atoms. The van der Waals surface area contributed by atoms with Crippen LogP contribution in [0.3, 0.4) is 0 Å². The van der Waals surface area contributed by atoms with Crippen molar-refractivity contribution in [1.82, 2.24) is 0 Å². The predicted molar refractivity (Wildman–Crippen MR) is 84.3 cm³/mol. The van der Waals surface area contributed by atoms with E-state index in [1.165, 1.54) is 48.5 Å². The molecule has 2 rings (SSSR count). The molecule has 0 aromatic heterocycles. The van der Waals surface area contributed by atoms with Gasteiger partial charge in [-0.15, -0.1) is 0 Å². The highest BCUT2D eigenvalue weighted by Gasteiger charge is 2.16. The molecule has 5 nitrogen and oxygen atoms in total. The molecule has 2 aromatic carbocycles. The highest BCUT2D eigenvalue weighted by atomic mass is 32.2. The van der Waals surface area contributed by atoms with Crippen LogP contribution in [-0.2, 0) is 14.8 Å². The first kappa shape index (κ1) is 16.9. The number of primary sulfonamides is 1. The summed E-state index contributed by atoms with van der Waals surface area (Å²) in [5, 5.41) is 14.5. The van der Waals surface area contributed by atoms with Gasteiger partial charge >= 0.3 is 5.97 Å². The second-order valence-corrected chi connectivity index (χ2v) is 6.44. The number of allylic oxidation sites excluding steroid dienone is 1. The molecule has 120 valence electrons. The Morgan fingerprint density at radius 2 is 1.48 bits per heavy atom. The molecule has 7 heteroatoms. The van der Waals surface area contributed by atoms with Crippen LogP contribution in [-0.4, -0.2) is 19.5 Å². The van der Waals surface area contributed by atoms with Gasteiger partial charge in [0.1, 0.15) is 5.82 Å². The molecule has 0 fully saturated rings. The number of aliphatic carboxylic acids is 1. The Balaban J connectivity index is 2.55. The Bertz CT molecular complexity index is 869. The summed E-state index contributed by atoms with van der Waals surface area (Å²) in [5.41, 5.74) is 1.31. The molecule has 0 amide bonds. The van der Waals surface area contributed by atoms with Crippen LogP contribution in [0.1, 0.15) is 18.1 Å². The molecule has 3 N–H and O–H groups in total. The van der Waals surface area contributed by atoms with Crippen LogP contribution in [0.2, 0.25) is 0 Å². The van der Waals surface area contributed by atoms with E-state index in [0.29, 0.717) is 16.7 Å². The number of carboxylic acid groups (broad SMARTS) is 1. The number of halogens is 1. The van der Waals surface area contributed by atoms with Crippen LogP contribution in [0, 0.1) is 5.82 Å². The summed E-state index contributed by atoms with van der Waals surface area (Å²) in [6.07, 6.45) is 0. The second-order valence-electron chi connectivity index (χ2n) is 4.88. The number of carbonyl (C=O) groups is 1. The third-order valence-corrected chi connectivity index (χ3v) is 4.27. The molecule has 0 unspecified atom stereocenters. The Hall–Kier alpha value is -2.51. The van der Waals surface area contributed by atoms with E-state index in [9.17, 15) is 22.7 Å². The second kappa shape index (κ2) is 6.31. The first-order chi connectivity index (χ1) is 10.7. The van der Waals surface area contributed by atoms with Crippen LogP contribution in [0.15, 0.2) is 53.4 Å². The van der Waals surface area contributed by atoms with Crippen LogP contribution in [0.4, 0.5) is 4.39 Å². The standard InChI is InChI=1S/C16H14FNO4S/c1-10(11-4-8-14(9-5-11)23(18,21)22)15(16(19)20)12-2-6-13(17)7-3-12/h2-9H,1H3,(H,19,20)(H2,18,21,22)/b15-10+. The van der Waals surface area contributed by atoms with Gasteiger partial charge in [0.15, 0.2) is 0 Å². The molecule has 0 aliphatic carbocycles. The number of hydrogen-bond donors (Lipinski definition) is 2. The van der Waals surface area contributed by atoms with Gasteiger partial charge < -0.3 is 5.11 Å². The minimum Gasteiger partial charge on any atom is -0.478 e. The highest BCUT2D eigenvalue weighted by Crippen LogP contribution is 2.27. The highest BCUT2D eigenvalue weighted by molar-refractivity contribution is 7.89. The minimum absolute atomic E-state index is 0.00774. The van der Waals surface area contributed by atoms with Gasteiger partial charge in [0.05, 0.1) is 10.5 Å². The van der Waals surface area contributed by atoms with Gasteiger partial charge in [0, 0.05) is 0 Å². The zero-order chi connectivity index (χ0) is 17.2. The van der Waals surface area contributed by atoms with Gasteiger partial charge in [-0.3, -0.25) is 0 Å². The monoisotopic (exact) mass is 335 g/mol. The molecule has 2 aromatic rings. The van der Waals surface area contributed by atoms with Crippen molar-refractivity contribution >= 4 is 27.1 Å². The Morgan fingerprint density at radius 1 is 1.00 bits per heavy atom. The normalized spacial score (nSPS) is 12.7. The van der Waals surface area contributed by atoms with E-state index in [4.69, 9.17) is 5.14 Å². The molecule has 23 heavy (non-hydrogen) atoms. The summed E-state index contributed by atoms with van der Waals surface area (Å²) in [5.74, 6) is -1.63. The average molecular weight is 335 g/mol. The van der Waals surface area contributed by atoms with E-state index in [1.807, 2.05) is 0 Å². The molecule has 0 aliphatic rings. The smallest absolute Gasteiger partial charge is 0.336 e. The van der Waals surface area contributed by atoms with E-state index in [2.05, 4.69) is 0 Å². The number of carboxylic acids is 1. The first-order valence-corrected chi connectivity index (χ1v) is 8.08. The molecular weight excluding hydrogens is 321 g/mol. The van der Waals surface area contributed by atoms with E-state index in [-0.39, 0.29) is 10.5 Å². The fourth-order valence-electron chi connectivity index (χ4n) is 2.16. The zero-order valence-corrected chi connectivity index (χ0v) is 13.0. The van der Waals surface area contributed by atoms with Crippen LogP contribution >= 0.6 is 0 Å². The van der Waals surface area contributed by atoms with Gasteiger partial charge in [0.25, 0.3) is 0 Å². The number of benzene rings is 2. The molecule has 0 aliphatic heterocycles. The lowest BCUT2D eigenvalue weighted by Crippen LogP contribution is -2.11. The maximum absolute atomic E-state index is 13.0. The molecular formula is C16H14FNO4S. The third kappa shape index (κ3) is 3.82. The SMILES string of the molecule is C/C(=C(\C(=O)O)c1ccc(F)cc1)c1ccc(S(N)(=O)=O)cc1. The van der Waals surface area contributed by atoms with E-state index in [0.717, 1.165) is 0 Å². The lowest BCUT2D eigenvalue weighted by atomic mass is 9.96. The number of sulfonamides is 1. The fraction of sp³-hybridized carbons (Fsp3) is 0.0625. The number of rotatable bonds is 4. The topological polar surface area (TPSA) is 97.5 Å². The molecule has 0 radical (unpaired) electrons. The third-order valence-electron chi connectivity index (χ3n) is 3.34. The fourth-order valence-corrected chi connectivity index (χ4v) is 2.67. The number of hydrogen-bond acceptors (Lipinski definition) is 3. The number of nitrogens with two attached hydrogens (primary N) is 1. The van der Waals surface area contributed by atoms with Crippen LogP contribution in [0.25, 0.3) is 11.1 Å². The van der Waals surface area contributed by atoms with Gasteiger partial charge in [-0.2, -0.15) is 0 Å². The first-order valence-electron chi connectivity index (χ1n) is 6.53. The zero-order valence-electron chi connectivity index (χ0n) is 12.2. The summed E-state index contributed by atoms with van der Waals surface area (Å²) in [4.78, 5) is 11.5. The van der Waals surface area contributed by atoms with Crippen molar-refractivity contribution in [2.24, 2.45) is 5.14 Å².